The summed E-state index contributed by atoms with van der Waals surface area (Å²) in [5.74, 6) is 1.23. The van der Waals surface area contributed by atoms with Gasteiger partial charge in [-0.1, -0.05) is 38.8 Å². The molecule has 0 saturated heterocycles. The van der Waals surface area contributed by atoms with E-state index < -0.39 is 6.36 Å². The van der Waals surface area contributed by atoms with Crippen LogP contribution in [0.15, 0.2) is 30.6 Å². The molecular formula is C16H20F3N3O. The van der Waals surface area contributed by atoms with E-state index in [4.69, 9.17) is 0 Å². The normalized spacial score (nSPS) is 11.9. The van der Waals surface area contributed by atoms with Crippen LogP contribution in [-0.2, 0) is 13.0 Å². The highest BCUT2D eigenvalue weighted by molar-refractivity contribution is 5.27. The summed E-state index contributed by atoms with van der Waals surface area (Å²) >= 11 is 0. The van der Waals surface area contributed by atoms with Gasteiger partial charge in [0.25, 0.3) is 0 Å². The molecule has 0 spiro atoms. The maximum absolute atomic E-state index is 12.1. The van der Waals surface area contributed by atoms with Crippen molar-refractivity contribution in [3.05, 3.63) is 42.0 Å². The number of aromatic nitrogens is 3. The minimum Gasteiger partial charge on any atom is -0.406 e. The lowest BCUT2D eigenvalue weighted by Crippen LogP contribution is -2.17. The van der Waals surface area contributed by atoms with E-state index in [0.717, 1.165) is 30.7 Å². The second kappa shape index (κ2) is 7.48. The Bertz CT molecular complexity index is 604. The third-order valence-electron chi connectivity index (χ3n) is 3.81. The Morgan fingerprint density at radius 1 is 1.13 bits per heavy atom. The number of halogens is 3. The van der Waals surface area contributed by atoms with Gasteiger partial charge in [0.2, 0.25) is 0 Å². The van der Waals surface area contributed by atoms with Gasteiger partial charge in [-0.25, -0.2) is 9.67 Å². The molecule has 0 bridgehead atoms. The Labute approximate surface area is 133 Å². The molecule has 0 amide bonds. The first kappa shape index (κ1) is 17.3. The summed E-state index contributed by atoms with van der Waals surface area (Å²) in [5, 5.41) is 4.21. The molecule has 4 nitrogen and oxygen atoms in total. The van der Waals surface area contributed by atoms with Crippen molar-refractivity contribution in [2.24, 2.45) is 5.92 Å². The predicted octanol–water partition coefficient (Wildman–Crippen LogP) is 4.20. The quantitative estimate of drug-likeness (QED) is 0.765. The fourth-order valence-corrected chi connectivity index (χ4v) is 2.38. The van der Waals surface area contributed by atoms with Crippen molar-refractivity contribution in [2.75, 3.05) is 0 Å². The van der Waals surface area contributed by atoms with Crippen molar-refractivity contribution in [3.8, 4) is 5.75 Å². The number of ether oxygens (including phenoxy) is 1. The topological polar surface area (TPSA) is 39.9 Å². The molecule has 1 heterocycles. The third-order valence-corrected chi connectivity index (χ3v) is 3.81. The van der Waals surface area contributed by atoms with Crippen LogP contribution in [0, 0.1) is 5.92 Å². The van der Waals surface area contributed by atoms with Crippen LogP contribution in [0.4, 0.5) is 13.2 Å². The first-order valence-electron chi connectivity index (χ1n) is 7.62. The predicted molar refractivity (Wildman–Crippen MR) is 80.0 cm³/mol. The van der Waals surface area contributed by atoms with E-state index in [2.05, 4.69) is 28.7 Å². The van der Waals surface area contributed by atoms with Gasteiger partial charge in [-0.3, -0.25) is 0 Å². The number of benzene rings is 1. The molecule has 0 N–H and O–H groups in total. The van der Waals surface area contributed by atoms with Crippen molar-refractivity contribution < 1.29 is 17.9 Å². The zero-order valence-corrected chi connectivity index (χ0v) is 13.2. The first-order chi connectivity index (χ1) is 10.9. The summed E-state index contributed by atoms with van der Waals surface area (Å²) in [5.41, 5.74) is 0.843. The molecule has 2 aromatic rings. The molecule has 0 saturated carbocycles. The van der Waals surface area contributed by atoms with Gasteiger partial charge in [0.05, 0.1) is 6.54 Å². The molecular weight excluding hydrogens is 307 g/mol. The second-order valence-corrected chi connectivity index (χ2v) is 5.41. The van der Waals surface area contributed by atoms with Gasteiger partial charge in [-0.2, -0.15) is 5.10 Å². The van der Waals surface area contributed by atoms with Crippen LogP contribution < -0.4 is 4.74 Å². The molecule has 1 aromatic heterocycles. The summed E-state index contributed by atoms with van der Waals surface area (Å²) in [7, 11) is 0. The summed E-state index contributed by atoms with van der Waals surface area (Å²) in [6, 6.07) is 5.81. The largest absolute Gasteiger partial charge is 0.573 e. The maximum Gasteiger partial charge on any atom is 0.573 e. The number of hydrogen-bond donors (Lipinski definition) is 0. The molecule has 1 aromatic carbocycles. The fraction of sp³-hybridized carbons (Fsp3) is 0.500. The average Bonchev–Trinajstić information content (AvgIpc) is 2.92. The zero-order chi connectivity index (χ0) is 16.9. The lowest BCUT2D eigenvalue weighted by molar-refractivity contribution is -0.274. The van der Waals surface area contributed by atoms with Crippen molar-refractivity contribution in [1.82, 2.24) is 14.8 Å². The SMILES string of the molecule is CCC(CC)Cc1ncnn1Cc1ccc(OC(F)(F)F)cc1. The highest BCUT2D eigenvalue weighted by Gasteiger charge is 2.30. The lowest BCUT2D eigenvalue weighted by Gasteiger charge is -2.13. The number of nitrogens with zero attached hydrogens (tertiary/aromatic N) is 3. The van der Waals surface area contributed by atoms with Crippen LogP contribution in [0.1, 0.15) is 38.1 Å². The van der Waals surface area contributed by atoms with E-state index in [9.17, 15) is 13.2 Å². The van der Waals surface area contributed by atoms with Crippen LogP contribution >= 0.6 is 0 Å². The molecule has 0 unspecified atom stereocenters. The first-order valence-corrected chi connectivity index (χ1v) is 7.62. The molecule has 23 heavy (non-hydrogen) atoms. The smallest absolute Gasteiger partial charge is 0.406 e. The molecule has 126 valence electrons. The highest BCUT2D eigenvalue weighted by atomic mass is 19.4. The van der Waals surface area contributed by atoms with E-state index in [1.165, 1.54) is 18.5 Å². The Balaban J connectivity index is 2.04. The molecule has 0 radical (unpaired) electrons. The van der Waals surface area contributed by atoms with Gasteiger partial charge in [0.1, 0.15) is 17.9 Å². The highest BCUT2D eigenvalue weighted by Crippen LogP contribution is 2.23. The zero-order valence-electron chi connectivity index (χ0n) is 13.2. The molecule has 0 atom stereocenters. The van der Waals surface area contributed by atoms with Crippen LogP contribution in [0.3, 0.4) is 0 Å². The molecule has 7 heteroatoms. The van der Waals surface area contributed by atoms with Gasteiger partial charge in [0.15, 0.2) is 0 Å². The third kappa shape index (κ3) is 5.26. The Kier molecular flexibility index (Phi) is 5.63. The van der Waals surface area contributed by atoms with Crippen molar-refractivity contribution in [3.63, 3.8) is 0 Å². The molecule has 0 aliphatic rings. The fourth-order valence-electron chi connectivity index (χ4n) is 2.38. The van der Waals surface area contributed by atoms with E-state index >= 15 is 0 Å². The molecule has 0 aliphatic heterocycles. The number of hydrogen-bond acceptors (Lipinski definition) is 3. The molecule has 2 rings (SSSR count). The van der Waals surface area contributed by atoms with Gasteiger partial charge in [-0.15, -0.1) is 13.2 Å². The van der Waals surface area contributed by atoms with Crippen molar-refractivity contribution in [1.29, 1.82) is 0 Å². The summed E-state index contributed by atoms with van der Waals surface area (Å²) in [4.78, 5) is 4.29. The van der Waals surface area contributed by atoms with Crippen molar-refractivity contribution in [2.45, 2.75) is 46.0 Å². The summed E-state index contributed by atoms with van der Waals surface area (Å²) < 4.78 is 42.1. The second-order valence-electron chi connectivity index (χ2n) is 5.41. The molecule has 0 aliphatic carbocycles. The minimum absolute atomic E-state index is 0.225. The van der Waals surface area contributed by atoms with E-state index in [0.29, 0.717) is 12.5 Å². The Morgan fingerprint density at radius 2 is 1.78 bits per heavy atom. The standard InChI is InChI=1S/C16H20F3N3O/c1-3-12(4-2)9-15-20-11-21-22(15)10-13-5-7-14(8-6-13)23-16(17,18)19/h5-8,11-12H,3-4,9-10H2,1-2H3. The van der Waals surface area contributed by atoms with Gasteiger partial charge in [0, 0.05) is 6.42 Å². The van der Waals surface area contributed by atoms with Gasteiger partial charge in [-0.05, 0) is 23.6 Å². The summed E-state index contributed by atoms with van der Waals surface area (Å²) in [6.45, 7) is 4.77. The molecule has 0 fully saturated rings. The minimum atomic E-state index is -4.67. The van der Waals surface area contributed by atoms with E-state index in [1.807, 2.05) is 0 Å². The maximum atomic E-state index is 12.1. The van der Waals surface area contributed by atoms with Crippen LogP contribution in [0.5, 0.6) is 5.75 Å². The van der Waals surface area contributed by atoms with Crippen LogP contribution in [0.25, 0.3) is 0 Å². The van der Waals surface area contributed by atoms with Crippen LogP contribution in [-0.4, -0.2) is 21.1 Å². The van der Waals surface area contributed by atoms with Crippen molar-refractivity contribution >= 4 is 0 Å². The lowest BCUT2D eigenvalue weighted by atomic mass is 9.99. The Morgan fingerprint density at radius 3 is 2.35 bits per heavy atom. The van der Waals surface area contributed by atoms with E-state index in [-0.39, 0.29) is 5.75 Å². The number of rotatable bonds is 7. The van der Waals surface area contributed by atoms with Gasteiger partial charge >= 0.3 is 6.36 Å². The number of alkyl halides is 3. The monoisotopic (exact) mass is 327 g/mol. The Hall–Kier alpha value is -2.05. The average molecular weight is 327 g/mol. The van der Waals surface area contributed by atoms with Crippen LogP contribution in [0.2, 0.25) is 0 Å². The van der Waals surface area contributed by atoms with E-state index in [1.54, 1.807) is 16.8 Å². The van der Waals surface area contributed by atoms with Gasteiger partial charge < -0.3 is 4.74 Å². The summed E-state index contributed by atoms with van der Waals surface area (Å²) in [6.07, 6.45) is -0.156.